The van der Waals surface area contributed by atoms with Gasteiger partial charge in [-0.05, 0) is 0 Å². The van der Waals surface area contributed by atoms with E-state index in [0.29, 0.717) is 22.0 Å². The molecule has 0 atom stereocenters. The quantitative estimate of drug-likeness (QED) is 0.161. The number of methoxy groups -OCH3 is 1. The Balaban J connectivity index is 2.14. The standard InChI is InChI=1S/C26H23N2O8PS/c1-35-20-37(22-11-5-2-6-12-22,23-13-7-3-8-14-23,24-15-9-4-10-16-24)36-38(33,34)26-18-17-21(27(29)30)19-25(26)28(31)32/h2-19H,20H2,1H3. The summed E-state index contributed by atoms with van der Waals surface area (Å²) in [6.07, 6.45) is -0.219. The third-order valence-corrected chi connectivity index (χ3v) is 14.1. The zero-order valence-corrected chi connectivity index (χ0v) is 21.8. The van der Waals surface area contributed by atoms with Crippen LogP contribution in [0.25, 0.3) is 0 Å². The van der Waals surface area contributed by atoms with Gasteiger partial charge in [0.2, 0.25) is 0 Å². The third kappa shape index (κ3) is 4.46. The molecule has 4 aromatic rings. The summed E-state index contributed by atoms with van der Waals surface area (Å²) >= 11 is 0. The van der Waals surface area contributed by atoms with Crippen molar-refractivity contribution in [3.63, 3.8) is 0 Å². The summed E-state index contributed by atoms with van der Waals surface area (Å²) in [5.41, 5.74) is -1.60. The van der Waals surface area contributed by atoms with Gasteiger partial charge in [0.1, 0.15) is 0 Å². The van der Waals surface area contributed by atoms with Crippen molar-refractivity contribution in [2.75, 3.05) is 13.5 Å². The second-order valence-corrected chi connectivity index (χ2v) is 14.5. The molecule has 0 radical (unpaired) electrons. The van der Waals surface area contributed by atoms with Gasteiger partial charge < -0.3 is 0 Å². The van der Waals surface area contributed by atoms with Crippen LogP contribution in [0.1, 0.15) is 0 Å². The van der Waals surface area contributed by atoms with Crippen LogP contribution in [0.5, 0.6) is 0 Å². The molecule has 0 bridgehead atoms. The number of nitrogens with zero attached hydrogens (tertiary/aromatic N) is 2. The maximum atomic E-state index is 14.1. The van der Waals surface area contributed by atoms with E-state index in [1.165, 1.54) is 7.11 Å². The summed E-state index contributed by atoms with van der Waals surface area (Å²) < 4.78 is 40.4. The van der Waals surface area contributed by atoms with E-state index >= 15 is 0 Å². The fourth-order valence-corrected chi connectivity index (χ4v) is 12.7. The molecule has 4 rings (SSSR count). The van der Waals surface area contributed by atoms with Crippen LogP contribution in [-0.2, 0) is 18.8 Å². The van der Waals surface area contributed by atoms with E-state index in [1.54, 1.807) is 91.0 Å². The molecule has 0 N–H and O–H groups in total. The van der Waals surface area contributed by atoms with E-state index < -0.39 is 43.1 Å². The molecule has 0 aromatic heterocycles. The first kappa shape index (κ1) is 27.0. The van der Waals surface area contributed by atoms with Crippen molar-refractivity contribution in [1.29, 1.82) is 0 Å². The summed E-state index contributed by atoms with van der Waals surface area (Å²) in [6, 6.07) is 28.5. The van der Waals surface area contributed by atoms with Crippen molar-refractivity contribution in [2.24, 2.45) is 0 Å². The van der Waals surface area contributed by atoms with E-state index in [-0.39, 0.29) is 6.35 Å². The SMILES string of the molecule is COCP(OS(=O)(=O)c1ccc([N+](=O)[O-])cc1[N+](=O)[O-])(c1ccccc1)(c1ccccc1)c1ccccc1. The average molecular weight is 555 g/mol. The Labute approximate surface area is 218 Å². The van der Waals surface area contributed by atoms with Crippen molar-refractivity contribution in [1.82, 2.24) is 0 Å². The van der Waals surface area contributed by atoms with Crippen LogP contribution >= 0.6 is 6.83 Å². The minimum absolute atomic E-state index is 0.219. The van der Waals surface area contributed by atoms with Crippen LogP contribution in [0.3, 0.4) is 0 Å². The van der Waals surface area contributed by atoms with Crippen molar-refractivity contribution in [3.05, 3.63) is 129 Å². The Morgan fingerprint density at radius 3 is 1.53 bits per heavy atom. The molecule has 0 unspecified atom stereocenters. The van der Waals surface area contributed by atoms with Gasteiger partial charge in [-0.15, -0.1) is 0 Å². The Kier molecular flexibility index (Phi) is 7.39. The van der Waals surface area contributed by atoms with Crippen molar-refractivity contribution < 1.29 is 27.0 Å². The molecule has 0 saturated carbocycles. The first-order valence-electron chi connectivity index (χ1n) is 11.2. The first-order chi connectivity index (χ1) is 18.1. The molecule has 4 aromatic carbocycles. The minimum atomic E-state index is -4.95. The molecular weight excluding hydrogens is 531 g/mol. The maximum absolute atomic E-state index is 14.1. The topological polar surface area (TPSA) is 139 Å². The van der Waals surface area contributed by atoms with Gasteiger partial charge in [0, 0.05) is 0 Å². The van der Waals surface area contributed by atoms with Gasteiger partial charge in [-0.25, -0.2) is 0 Å². The first-order valence-corrected chi connectivity index (χ1v) is 15.0. The van der Waals surface area contributed by atoms with Crippen LogP contribution in [0.15, 0.2) is 114 Å². The van der Waals surface area contributed by atoms with Crippen LogP contribution in [-0.4, -0.2) is 31.7 Å². The fraction of sp³-hybridized carbons (Fsp3) is 0.0769. The van der Waals surface area contributed by atoms with Crippen molar-refractivity contribution in [3.8, 4) is 0 Å². The van der Waals surface area contributed by atoms with E-state index in [4.69, 9.17) is 8.71 Å². The second kappa shape index (κ2) is 10.4. The summed E-state index contributed by atoms with van der Waals surface area (Å²) in [5.74, 6) is 0. The van der Waals surface area contributed by atoms with Crippen LogP contribution < -0.4 is 15.9 Å². The number of hydrogen-bond donors (Lipinski definition) is 0. The van der Waals surface area contributed by atoms with Gasteiger partial charge in [-0.2, -0.15) is 0 Å². The molecule has 38 heavy (non-hydrogen) atoms. The molecule has 0 saturated heterocycles. The normalized spacial score (nSPS) is 12.8. The molecule has 0 amide bonds. The molecule has 0 fully saturated rings. The number of rotatable bonds is 10. The van der Waals surface area contributed by atoms with Crippen molar-refractivity contribution >= 4 is 44.2 Å². The van der Waals surface area contributed by atoms with Crippen LogP contribution in [0.4, 0.5) is 11.4 Å². The molecule has 196 valence electrons. The predicted molar refractivity (Wildman–Crippen MR) is 145 cm³/mol. The van der Waals surface area contributed by atoms with Gasteiger partial charge in [-0.1, -0.05) is 0 Å². The van der Waals surface area contributed by atoms with E-state index in [9.17, 15) is 28.6 Å². The summed E-state index contributed by atoms with van der Waals surface area (Å²) in [4.78, 5) is 20.5. The zero-order valence-electron chi connectivity index (χ0n) is 20.1. The van der Waals surface area contributed by atoms with E-state index in [2.05, 4.69) is 0 Å². The molecular formula is C26H23N2O8PS. The number of ether oxygens (including phenoxy) is 1. The summed E-state index contributed by atoms with van der Waals surface area (Å²) in [7, 11) is -3.53. The molecule has 0 heterocycles. The van der Waals surface area contributed by atoms with Gasteiger partial charge in [-0.3, -0.25) is 0 Å². The van der Waals surface area contributed by atoms with Crippen LogP contribution in [0, 0.1) is 20.2 Å². The number of non-ortho nitro benzene ring substituents is 1. The van der Waals surface area contributed by atoms with Crippen LogP contribution in [0.2, 0.25) is 0 Å². The van der Waals surface area contributed by atoms with Gasteiger partial charge in [0.05, 0.1) is 0 Å². The Bertz CT molecular complexity index is 1480. The fourth-order valence-electron chi connectivity index (χ4n) is 4.53. The summed E-state index contributed by atoms with van der Waals surface area (Å²) in [6.45, 7) is -4.58. The molecule has 0 aliphatic carbocycles. The van der Waals surface area contributed by atoms with Crippen molar-refractivity contribution in [2.45, 2.75) is 4.90 Å². The average Bonchev–Trinajstić information content (AvgIpc) is 2.93. The molecule has 0 spiro atoms. The van der Waals surface area contributed by atoms with Gasteiger partial charge in [0.15, 0.2) is 0 Å². The Morgan fingerprint density at radius 2 is 1.16 bits per heavy atom. The zero-order chi connectivity index (χ0) is 27.4. The van der Waals surface area contributed by atoms with Gasteiger partial charge >= 0.3 is 219 Å². The molecule has 10 nitrogen and oxygen atoms in total. The summed E-state index contributed by atoms with van der Waals surface area (Å²) in [5, 5.41) is 24.6. The third-order valence-electron chi connectivity index (χ3n) is 6.16. The predicted octanol–water partition coefficient (Wildman–Crippen LogP) is 4.26. The monoisotopic (exact) mass is 554 g/mol. The van der Waals surface area contributed by atoms with Gasteiger partial charge in [0.25, 0.3) is 0 Å². The number of nitro benzene ring substituents is 2. The van der Waals surface area contributed by atoms with E-state index in [0.717, 1.165) is 12.1 Å². The Hall–Kier alpha value is -4.02. The Morgan fingerprint density at radius 1 is 0.711 bits per heavy atom. The van der Waals surface area contributed by atoms with E-state index in [1.807, 2.05) is 0 Å². The molecule has 12 heteroatoms. The molecule has 0 aliphatic heterocycles. The second-order valence-electron chi connectivity index (χ2n) is 8.33. The number of nitro groups is 2. The number of benzene rings is 4. The molecule has 0 aliphatic rings. The number of hydrogen-bond acceptors (Lipinski definition) is 8.